The maximum absolute atomic E-state index is 13.0. The van der Waals surface area contributed by atoms with Crippen molar-refractivity contribution in [3.05, 3.63) is 63.6 Å². The second-order valence-electron chi connectivity index (χ2n) is 6.08. The molecule has 7 heteroatoms. The average molecular weight is 409 g/mol. The van der Waals surface area contributed by atoms with Gasteiger partial charge in [-0.25, -0.2) is 0 Å². The van der Waals surface area contributed by atoms with Crippen molar-refractivity contribution in [1.29, 1.82) is 0 Å². The van der Waals surface area contributed by atoms with E-state index >= 15 is 0 Å². The van der Waals surface area contributed by atoms with Gasteiger partial charge in [0.25, 0.3) is 0 Å². The van der Waals surface area contributed by atoms with Gasteiger partial charge >= 0.3 is 0 Å². The molecule has 0 aromatic heterocycles. The number of methoxy groups -OCH3 is 1. The van der Waals surface area contributed by atoms with Gasteiger partial charge in [-0.1, -0.05) is 41.4 Å². The van der Waals surface area contributed by atoms with E-state index in [1.807, 2.05) is 24.3 Å². The Morgan fingerprint density at radius 2 is 1.93 bits per heavy atom. The van der Waals surface area contributed by atoms with Crippen LogP contribution in [0.4, 0.5) is 0 Å². The Morgan fingerprint density at radius 1 is 1.19 bits per heavy atom. The molecule has 0 aliphatic heterocycles. The Bertz CT molecular complexity index is 827. The maximum Gasteiger partial charge on any atom is 0.242 e. The summed E-state index contributed by atoms with van der Waals surface area (Å²) in [6.07, 6.45) is 0.0707. The third kappa shape index (κ3) is 5.62. The van der Waals surface area contributed by atoms with Gasteiger partial charge in [0.15, 0.2) is 0 Å². The van der Waals surface area contributed by atoms with E-state index in [2.05, 4.69) is 5.32 Å². The van der Waals surface area contributed by atoms with Crippen LogP contribution in [-0.2, 0) is 22.6 Å². The third-order valence-electron chi connectivity index (χ3n) is 4.26. The van der Waals surface area contributed by atoms with Crippen molar-refractivity contribution >= 4 is 35.0 Å². The Kier molecular flexibility index (Phi) is 7.51. The predicted molar refractivity (Wildman–Crippen MR) is 107 cm³/mol. The minimum Gasteiger partial charge on any atom is -0.497 e. The zero-order chi connectivity index (χ0) is 20.0. The van der Waals surface area contributed by atoms with Crippen molar-refractivity contribution in [2.75, 3.05) is 14.2 Å². The molecule has 0 aliphatic rings. The molecule has 1 N–H and O–H groups in total. The maximum atomic E-state index is 13.0. The summed E-state index contributed by atoms with van der Waals surface area (Å²) in [5, 5.41) is 3.51. The van der Waals surface area contributed by atoms with Crippen LogP contribution in [0.25, 0.3) is 0 Å². The highest BCUT2D eigenvalue weighted by molar-refractivity contribution is 6.35. The summed E-state index contributed by atoms with van der Waals surface area (Å²) >= 11 is 12.1. The van der Waals surface area contributed by atoms with E-state index in [-0.39, 0.29) is 24.8 Å². The number of halogens is 2. The second-order valence-corrected chi connectivity index (χ2v) is 6.92. The zero-order valence-electron chi connectivity index (χ0n) is 15.5. The summed E-state index contributed by atoms with van der Waals surface area (Å²) in [5.41, 5.74) is 1.52. The number of nitrogens with one attached hydrogen (secondary N) is 1. The van der Waals surface area contributed by atoms with Gasteiger partial charge in [0, 0.05) is 23.6 Å². The van der Waals surface area contributed by atoms with E-state index in [9.17, 15) is 9.59 Å². The number of amides is 2. The van der Waals surface area contributed by atoms with E-state index in [4.69, 9.17) is 27.9 Å². The van der Waals surface area contributed by atoms with Crippen LogP contribution in [0.5, 0.6) is 5.75 Å². The van der Waals surface area contributed by atoms with Crippen molar-refractivity contribution in [1.82, 2.24) is 10.2 Å². The molecular formula is C20H22Cl2N2O3. The first kappa shape index (κ1) is 21.1. The van der Waals surface area contributed by atoms with Crippen molar-refractivity contribution in [3.8, 4) is 5.75 Å². The van der Waals surface area contributed by atoms with E-state index in [0.29, 0.717) is 21.4 Å². The van der Waals surface area contributed by atoms with Crippen LogP contribution in [0.15, 0.2) is 42.5 Å². The monoisotopic (exact) mass is 408 g/mol. The molecule has 0 bridgehead atoms. The van der Waals surface area contributed by atoms with Crippen molar-refractivity contribution in [2.45, 2.75) is 25.9 Å². The van der Waals surface area contributed by atoms with Crippen molar-refractivity contribution in [3.63, 3.8) is 0 Å². The number of likely N-dealkylation sites (N-methyl/N-ethyl adjacent to an activating group) is 1. The Balaban J connectivity index is 2.27. The molecule has 2 amide bonds. The third-order valence-corrected chi connectivity index (χ3v) is 4.84. The van der Waals surface area contributed by atoms with E-state index in [1.54, 1.807) is 39.3 Å². The highest BCUT2D eigenvalue weighted by Crippen LogP contribution is 2.23. The largest absolute Gasteiger partial charge is 0.497 e. The molecule has 0 fully saturated rings. The number of hydrogen-bond acceptors (Lipinski definition) is 3. The topological polar surface area (TPSA) is 58.6 Å². The molecule has 0 unspecified atom stereocenters. The SMILES string of the molecule is CNC(=O)[C@@H](C)N(Cc1cccc(OC)c1)C(=O)Cc1ccc(Cl)cc1Cl. The fourth-order valence-electron chi connectivity index (χ4n) is 2.69. The number of benzene rings is 2. The summed E-state index contributed by atoms with van der Waals surface area (Å²) in [5.74, 6) is 0.236. The molecule has 1 atom stereocenters. The molecule has 0 radical (unpaired) electrons. The Labute approximate surface area is 169 Å². The van der Waals surface area contributed by atoms with Crippen molar-refractivity contribution < 1.29 is 14.3 Å². The van der Waals surface area contributed by atoms with Gasteiger partial charge in [-0.05, 0) is 42.3 Å². The van der Waals surface area contributed by atoms with Crippen LogP contribution < -0.4 is 10.1 Å². The Morgan fingerprint density at radius 3 is 2.56 bits per heavy atom. The molecule has 2 rings (SSSR count). The molecular weight excluding hydrogens is 387 g/mol. The van der Waals surface area contributed by atoms with Gasteiger partial charge in [0.05, 0.1) is 13.5 Å². The predicted octanol–water partition coefficient (Wildman–Crippen LogP) is 3.71. The average Bonchev–Trinajstić information content (AvgIpc) is 2.67. The zero-order valence-corrected chi connectivity index (χ0v) is 17.0. The minimum atomic E-state index is -0.639. The summed E-state index contributed by atoms with van der Waals surface area (Å²) in [6.45, 7) is 1.97. The summed E-state index contributed by atoms with van der Waals surface area (Å²) in [6, 6.07) is 11.8. The molecule has 0 aliphatic carbocycles. The number of carbonyl (C=O) groups is 2. The van der Waals surface area contributed by atoms with Gasteiger partial charge in [0.1, 0.15) is 11.8 Å². The van der Waals surface area contributed by atoms with Gasteiger partial charge in [-0.15, -0.1) is 0 Å². The highest BCUT2D eigenvalue weighted by atomic mass is 35.5. The number of hydrogen-bond donors (Lipinski definition) is 1. The van der Waals surface area contributed by atoms with Gasteiger partial charge < -0.3 is 15.0 Å². The lowest BCUT2D eigenvalue weighted by atomic mass is 10.1. The summed E-state index contributed by atoms with van der Waals surface area (Å²) < 4.78 is 5.24. The molecule has 0 saturated heterocycles. The molecule has 27 heavy (non-hydrogen) atoms. The number of ether oxygens (including phenoxy) is 1. The van der Waals surface area contributed by atoms with E-state index in [0.717, 1.165) is 5.56 Å². The first-order valence-electron chi connectivity index (χ1n) is 8.43. The van der Waals surface area contributed by atoms with Crippen LogP contribution in [0, 0.1) is 0 Å². The number of rotatable bonds is 7. The molecule has 5 nitrogen and oxygen atoms in total. The van der Waals surface area contributed by atoms with Crippen LogP contribution in [0.2, 0.25) is 10.0 Å². The van der Waals surface area contributed by atoms with Gasteiger partial charge in [-0.3, -0.25) is 9.59 Å². The molecule has 0 heterocycles. The van der Waals surface area contributed by atoms with E-state index < -0.39 is 6.04 Å². The van der Waals surface area contributed by atoms with Gasteiger partial charge in [0.2, 0.25) is 11.8 Å². The second kappa shape index (κ2) is 9.62. The number of carbonyl (C=O) groups excluding carboxylic acids is 2. The van der Waals surface area contributed by atoms with E-state index in [1.165, 1.54) is 4.90 Å². The number of nitrogens with zero attached hydrogens (tertiary/aromatic N) is 1. The molecule has 0 saturated carbocycles. The lowest BCUT2D eigenvalue weighted by Crippen LogP contribution is -2.47. The summed E-state index contributed by atoms with van der Waals surface area (Å²) in [4.78, 5) is 26.7. The lowest BCUT2D eigenvalue weighted by molar-refractivity contribution is -0.139. The van der Waals surface area contributed by atoms with Crippen LogP contribution >= 0.6 is 23.2 Å². The van der Waals surface area contributed by atoms with Crippen LogP contribution in [0.3, 0.4) is 0 Å². The lowest BCUT2D eigenvalue weighted by Gasteiger charge is -2.28. The fourth-order valence-corrected chi connectivity index (χ4v) is 3.16. The smallest absolute Gasteiger partial charge is 0.242 e. The fraction of sp³-hybridized carbons (Fsp3) is 0.300. The van der Waals surface area contributed by atoms with Gasteiger partial charge in [-0.2, -0.15) is 0 Å². The molecule has 0 spiro atoms. The normalized spacial score (nSPS) is 11.6. The highest BCUT2D eigenvalue weighted by Gasteiger charge is 2.26. The quantitative estimate of drug-likeness (QED) is 0.759. The molecule has 2 aromatic carbocycles. The van der Waals surface area contributed by atoms with Crippen molar-refractivity contribution in [2.24, 2.45) is 0 Å². The van der Waals surface area contributed by atoms with Crippen LogP contribution in [0.1, 0.15) is 18.1 Å². The first-order chi connectivity index (χ1) is 12.8. The minimum absolute atomic E-state index is 0.0707. The first-order valence-corrected chi connectivity index (χ1v) is 9.19. The summed E-state index contributed by atoms with van der Waals surface area (Å²) in [7, 11) is 3.13. The Hall–Kier alpha value is -2.24. The standard InChI is InChI=1S/C20H22Cl2N2O3/c1-13(20(26)23-2)24(12-14-5-4-6-17(9-14)27-3)19(25)10-15-7-8-16(21)11-18(15)22/h4-9,11,13H,10,12H2,1-3H3,(H,23,26)/t13-/m1/s1. The molecule has 2 aromatic rings. The molecule has 144 valence electrons. The van der Waals surface area contributed by atoms with Crippen LogP contribution in [-0.4, -0.2) is 36.9 Å².